The van der Waals surface area contributed by atoms with Crippen LogP contribution in [0.15, 0.2) is 97.1 Å². The van der Waals surface area contributed by atoms with E-state index in [0.29, 0.717) is 63.6 Å². The van der Waals surface area contributed by atoms with Crippen molar-refractivity contribution < 1.29 is 19.2 Å². The van der Waals surface area contributed by atoms with Crippen molar-refractivity contribution in [3.63, 3.8) is 0 Å². The number of carbonyl (C=O) groups excluding carboxylic acids is 4. The number of amides is 4. The molecule has 2 fully saturated rings. The quantitative estimate of drug-likeness (QED) is 0.198. The van der Waals surface area contributed by atoms with Crippen molar-refractivity contribution in [3.05, 3.63) is 125 Å². The van der Waals surface area contributed by atoms with Crippen LogP contribution in [-0.4, -0.2) is 95.0 Å². The van der Waals surface area contributed by atoms with E-state index in [1.165, 1.54) is 0 Å². The van der Waals surface area contributed by atoms with Gasteiger partial charge in [0.15, 0.2) is 0 Å². The van der Waals surface area contributed by atoms with Gasteiger partial charge in [0, 0.05) is 24.0 Å². The minimum absolute atomic E-state index is 0.104. The van der Waals surface area contributed by atoms with Crippen LogP contribution in [0.3, 0.4) is 0 Å². The molecule has 300 valence electrons. The fourth-order valence-electron chi connectivity index (χ4n) is 10.6. The Morgan fingerprint density at radius 1 is 0.724 bits per heavy atom. The molecule has 3 aliphatic heterocycles. The second kappa shape index (κ2) is 15.3. The smallest absolute Gasteiger partial charge is 0.248 e. The highest BCUT2D eigenvalue weighted by Crippen LogP contribution is 2.48. The van der Waals surface area contributed by atoms with Gasteiger partial charge in [-0.1, -0.05) is 84.9 Å². The summed E-state index contributed by atoms with van der Waals surface area (Å²) >= 11 is 0. The van der Waals surface area contributed by atoms with Gasteiger partial charge in [-0.15, -0.1) is 0 Å². The van der Waals surface area contributed by atoms with Crippen molar-refractivity contribution in [3.8, 4) is 11.3 Å². The average molecular weight is 780 g/mol. The normalized spacial score (nSPS) is 23.0. The second-order valence-electron chi connectivity index (χ2n) is 16.8. The Labute approximate surface area is 340 Å². The first-order valence-electron chi connectivity index (χ1n) is 20.4. The molecule has 3 unspecified atom stereocenters. The van der Waals surface area contributed by atoms with Gasteiger partial charge in [0.25, 0.3) is 0 Å². The van der Waals surface area contributed by atoms with Crippen LogP contribution < -0.4 is 11.5 Å². The molecule has 0 saturated carbocycles. The molecule has 58 heavy (non-hydrogen) atoms. The van der Waals surface area contributed by atoms with Gasteiger partial charge in [0.2, 0.25) is 23.6 Å². The van der Waals surface area contributed by atoms with Crippen molar-refractivity contribution >= 4 is 34.5 Å². The highest BCUT2D eigenvalue weighted by atomic mass is 16.2. The Morgan fingerprint density at radius 2 is 1.33 bits per heavy atom. The maximum atomic E-state index is 14.5. The van der Waals surface area contributed by atoms with Gasteiger partial charge >= 0.3 is 0 Å². The molecule has 2 saturated heterocycles. The van der Waals surface area contributed by atoms with E-state index >= 15 is 0 Å². The van der Waals surface area contributed by atoms with Crippen molar-refractivity contribution in [1.29, 1.82) is 0 Å². The van der Waals surface area contributed by atoms with Crippen LogP contribution in [0.2, 0.25) is 0 Å². The van der Waals surface area contributed by atoms with E-state index < -0.39 is 35.0 Å². The Balaban J connectivity index is 1.13. The lowest BCUT2D eigenvalue weighted by Crippen LogP contribution is -2.62. The maximum absolute atomic E-state index is 14.5. The minimum atomic E-state index is -1.32. The highest BCUT2D eigenvalue weighted by Gasteiger charge is 2.56. The van der Waals surface area contributed by atoms with E-state index in [1.54, 1.807) is 9.80 Å². The third-order valence-corrected chi connectivity index (χ3v) is 13.3. The number of likely N-dealkylation sites (N-methyl/N-ethyl adjacent to an activating group) is 2. The number of benzene rings is 3. The summed E-state index contributed by atoms with van der Waals surface area (Å²) in [5.41, 5.74) is 17.5. The molecule has 0 radical (unpaired) electrons. The van der Waals surface area contributed by atoms with E-state index in [-0.39, 0.29) is 17.7 Å². The van der Waals surface area contributed by atoms with Crippen LogP contribution in [0.25, 0.3) is 22.2 Å². The van der Waals surface area contributed by atoms with E-state index in [9.17, 15) is 19.2 Å². The number of aromatic nitrogens is 1. The average Bonchev–Trinajstić information content (AvgIpc) is 3.93. The van der Waals surface area contributed by atoms with Crippen molar-refractivity contribution in [1.82, 2.24) is 24.6 Å². The van der Waals surface area contributed by atoms with Crippen molar-refractivity contribution in [2.75, 3.05) is 41.3 Å². The predicted molar refractivity (Wildman–Crippen MR) is 224 cm³/mol. The molecule has 3 aromatic rings. The first kappa shape index (κ1) is 39.2. The van der Waals surface area contributed by atoms with Gasteiger partial charge in [-0.25, -0.2) is 4.98 Å². The zero-order valence-electron chi connectivity index (χ0n) is 33.9. The summed E-state index contributed by atoms with van der Waals surface area (Å²) in [6.45, 7) is 0.892. The van der Waals surface area contributed by atoms with E-state index in [2.05, 4.69) is 12.1 Å². The fourth-order valence-corrected chi connectivity index (χ4v) is 10.6. The molecule has 0 aromatic heterocycles. The van der Waals surface area contributed by atoms with Crippen LogP contribution in [0.5, 0.6) is 0 Å². The molecular weight excluding hydrogens is 727 g/mol. The van der Waals surface area contributed by atoms with E-state index in [0.717, 1.165) is 44.4 Å². The summed E-state index contributed by atoms with van der Waals surface area (Å²) in [5, 5.41) is 0.886. The maximum Gasteiger partial charge on any atom is 0.248 e. The number of primary amides is 2. The lowest BCUT2D eigenvalue weighted by molar-refractivity contribution is -0.151. The number of likely N-dealkylation sites (tertiary alicyclic amines) is 2. The van der Waals surface area contributed by atoms with Crippen molar-refractivity contribution in [2.24, 2.45) is 17.4 Å². The number of carbonyl (C=O) groups is 4. The molecule has 3 heterocycles. The topological polar surface area (TPSA) is 146 Å². The predicted octanol–water partition coefficient (Wildman–Crippen LogP) is 5.20. The summed E-state index contributed by atoms with van der Waals surface area (Å²) in [6, 6.07) is 30.2. The van der Waals surface area contributed by atoms with Crippen molar-refractivity contribution in [2.45, 2.75) is 68.1 Å². The van der Waals surface area contributed by atoms with E-state index in [1.807, 2.05) is 123 Å². The molecule has 8 rings (SSSR count). The van der Waals surface area contributed by atoms with Gasteiger partial charge in [-0.2, -0.15) is 0 Å². The molecule has 11 heteroatoms. The molecule has 4 N–H and O–H groups in total. The molecule has 5 aliphatic rings. The molecule has 0 bridgehead atoms. The largest absolute Gasteiger partial charge is 0.368 e. The number of fused-ring (bicyclic) bond motifs is 5. The summed E-state index contributed by atoms with van der Waals surface area (Å²) in [5.74, 6) is -1.44. The summed E-state index contributed by atoms with van der Waals surface area (Å²) < 4.78 is 0. The number of nitrogens with two attached hydrogens (primary N) is 2. The molecule has 4 amide bonds. The van der Waals surface area contributed by atoms with Gasteiger partial charge in [-0.05, 0) is 119 Å². The van der Waals surface area contributed by atoms with Crippen LogP contribution in [0.1, 0.15) is 72.0 Å². The van der Waals surface area contributed by atoms with Gasteiger partial charge < -0.3 is 21.3 Å². The van der Waals surface area contributed by atoms with Crippen LogP contribution >= 0.6 is 0 Å². The molecule has 0 spiro atoms. The number of hydrogen-bond acceptors (Lipinski definition) is 7. The van der Waals surface area contributed by atoms with Crippen LogP contribution in [0, 0.1) is 5.92 Å². The monoisotopic (exact) mass is 779 g/mol. The molecule has 2 aliphatic carbocycles. The third kappa shape index (κ3) is 6.23. The fraction of sp³-hybridized carbons (Fsp3) is 0.383. The molecule has 5 atom stereocenters. The lowest BCUT2D eigenvalue weighted by atomic mass is 9.70. The number of nitrogens with zero attached hydrogens (tertiary/aromatic N) is 5. The first-order valence-corrected chi connectivity index (χ1v) is 20.4. The number of hydrogen-bond donors (Lipinski definition) is 2. The van der Waals surface area contributed by atoms with Crippen LogP contribution in [0.4, 0.5) is 0 Å². The standard InChI is InChI=1S/C47H53N7O4/c1-51(2)40(30-14-7-5-8-15-30)42(55)53-26-12-24-46(53,44(48)57)33-20-22-35-32(28-33)18-11-19-36-37-29-34(21-23-38(37)50-39(35)36)47(45(49)58)25-13-27-54(47)43(56)41(52(3)4)31-16-9-6-10-17-31/h5-11,14-19,21,23,29,33,40-41H,12-13,20,22,24-28H2,1-4H3,(H2,48,57)(H2,49,58)/t33?,40-,41-,46?,47?/m1/s1. The van der Waals surface area contributed by atoms with E-state index in [4.69, 9.17) is 16.5 Å². The third-order valence-electron chi connectivity index (χ3n) is 13.3. The van der Waals surface area contributed by atoms with Crippen LogP contribution in [-0.2, 0) is 37.6 Å². The van der Waals surface area contributed by atoms with Gasteiger partial charge in [0.1, 0.15) is 23.2 Å². The summed E-state index contributed by atoms with van der Waals surface area (Å²) in [4.78, 5) is 68.9. The Bertz CT molecular complexity index is 2350. The molecule has 3 aromatic carbocycles. The second-order valence-corrected chi connectivity index (χ2v) is 16.8. The Hall–Kier alpha value is -5.65. The Kier molecular flexibility index (Phi) is 10.3. The summed E-state index contributed by atoms with van der Waals surface area (Å²) in [7, 11) is 7.53. The SMILES string of the molecule is CN(C)[C@@H](C(=O)N1CCCC1(C(N)=O)c1ccc2nc3c4c(cccc-3c2c1)CC(C1(C(N)=O)CCCN1C(=O)[C@@H](c1ccccc1)N(C)C)CC4)c1ccccc1. The lowest BCUT2D eigenvalue weighted by Gasteiger charge is -2.45. The zero-order chi connectivity index (χ0) is 40.9. The molecular formula is C47H53N7O4. The van der Waals surface area contributed by atoms with Gasteiger partial charge in [-0.3, -0.25) is 29.0 Å². The molecule has 11 nitrogen and oxygen atoms in total. The Morgan fingerprint density at radius 3 is 1.93 bits per heavy atom. The number of rotatable bonds is 10. The van der Waals surface area contributed by atoms with Gasteiger partial charge in [0.05, 0.1) is 11.2 Å². The minimum Gasteiger partial charge on any atom is -0.368 e. The zero-order valence-corrected chi connectivity index (χ0v) is 33.9. The first-order chi connectivity index (χ1) is 27.9. The summed E-state index contributed by atoms with van der Waals surface area (Å²) in [6.07, 6.45) is 4.20. The highest BCUT2D eigenvalue weighted by molar-refractivity contribution is 6.01.